The Morgan fingerprint density at radius 3 is 2.41 bits per heavy atom. The first-order chi connectivity index (χ1) is 7.91. The van der Waals surface area contributed by atoms with Crippen molar-refractivity contribution in [2.75, 3.05) is 6.54 Å². The van der Waals surface area contributed by atoms with Gasteiger partial charge in [0.15, 0.2) is 0 Å². The van der Waals surface area contributed by atoms with Crippen LogP contribution < -0.4 is 5.73 Å². The molecule has 0 saturated carbocycles. The summed E-state index contributed by atoms with van der Waals surface area (Å²) in [6.45, 7) is 7.36. The second kappa shape index (κ2) is 8.31. The van der Waals surface area contributed by atoms with Crippen LogP contribution in [0, 0.1) is 23.7 Å². The molecular formula is C15H27NO. The second-order valence-corrected chi connectivity index (χ2v) is 5.78. The molecule has 2 N–H and O–H groups in total. The van der Waals surface area contributed by atoms with Crippen LogP contribution in [0.4, 0.5) is 0 Å². The summed E-state index contributed by atoms with van der Waals surface area (Å²) >= 11 is 0. The van der Waals surface area contributed by atoms with Gasteiger partial charge >= 0.3 is 0 Å². The molecule has 0 radical (unpaired) electrons. The van der Waals surface area contributed by atoms with Gasteiger partial charge in [-0.25, -0.2) is 0 Å². The van der Waals surface area contributed by atoms with Gasteiger partial charge in [-0.2, -0.15) is 0 Å². The summed E-state index contributed by atoms with van der Waals surface area (Å²) < 4.78 is 0. The molecule has 0 heterocycles. The van der Waals surface area contributed by atoms with Crippen LogP contribution in [-0.2, 0) is 4.79 Å². The van der Waals surface area contributed by atoms with Gasteiger partial charge in [-0.1, -0.05) is 20.8 Å². The van der Waals surface area contributed by atoms with E-state index in [0.29, 0.717) is 37.5 Å². The molecule has 0 rings (SSSR count). The van der Waals surface area contributed by atoms with E-state index >= 15 is 0 Å². The molecule has 17 heavy (non-hydrogen) atoms. The zero-order valence-electron chi connectivity index (χ0n) is 11.6. The van der Waals surface area contributed by atoms with E-state index in [2.05, 4.69) is 26.7 Å². The lowest BCUT2D eigenvalue weighted by atomic mass is 9.76. The highest BCUT2D eigenvalue weighted by atomic mass is 16.1. The van der Waals surface area contributed by atoms with Crippen LogP contribution in [-0.4, -0.2) is 12.3 Å². The Balaban J connectivity index is 3.97. The number of hydrogen-bond acceptors (Lipinski definition) is 2. The molecule has 0 spiro atoms. The van der Waals surface area contributed by atoms with E-state index in [0.717, 1.165) is 19.3 Å². The topological polar surface area (TPSA) is 43.1 Å². The van der Waals surface area contributed by atoms with E-state index in [1.54, 1.807) is 0 Å². The van der Waals surface area contributed by atoms with Gasteiger partial charge in [0.05, 0.1) is 0 Å². The van der Waals surface area contributed by atoms with Crippen molar-refractivity contribution in [1.29, 1.82) is 0 Å². The number of nitrogens with two attached hydrogens (primary N) is 1. The summed E-state index contributed by atoms with van der Waals surface area (Å²) in [7, 11) is 0. The highest BCUT2D eigenvalue weighted by Gasteiger charge is 2.24. The molecule has 0 aliphatic heterocycles. The number of Topliss-reactive ketones (excluding diaryl/α,β-unsaturated/α-hetero) is 1. The third-order valence-corrected chi connectivity index (χ3v) is 3.29. The Morgan fingerprint density at radius 2 is 1.94 bits per heavy atom. The first-order valence-electron chi connectivity index (χ1n) is 6.57. The highest BCUT2D eigenvalue weighted by Crippen LogP contribution is 2.32. The van der Waals surface area contributed by atoms with Crippen LogP contribution in [0.25, 0.3) is 0 Å². The predicted molar refractivity (Wildman–Crippen MR) is 73.5 cm³/mol. The Kier molecular flexibility index (Phi) is 7.91. The van der Waals surface area contributed by atoms with E-state index in [-0.39, 0.29) is 5.41 Å². The van der Waals surface area contributed by atoms with Crippen molar-refractivity contribution in [3.05, 3.63) is 0 Å². The van der Waals surface area contributed by atoms with Gasteiger partial charge in [0.25, 0.3) is 0 Å². The fourth-order valence-electron chi connectivity index (χ4n) is 2.06. The maximum Gasteiger partial charge on any atom is 0.132 e. The first-order valence-corrected chi connectivity index (χ1v) is 6.57. The molecule has 98 valence electrons. The molecule has 0 aliphatic rings. The Morgan fingerprint density at radius 1 is 1.29 bits per heavy atom. The normalized spacial score (nSPS) is 13.1. The number of ketones is 1. The zero-order valence-corrected chi connectivity index (χ0v) is 11.6. The molecule has 0 aromatic heterocycles. The quantitative estimate of drug-likeness (QED) is 0.520. The average Bonchev–Trinajstić information content (AvgIpc) is 2.23. The summed E-state index contributed by atoms with van der Waals surface area (Å²) in [6, 6.07) is 0. The van der Waals surface area contributed by atoms with Gasteiger partial charge in [0.2, 0.25) is 0 Å². The van der Waals surface area contributed by atoms with Crippen LogP contribution in [0.5, 0.6) is 0 Å². The van der Waals surface area contributed by atoms with Crippen LogP contribution in [0.15, 0.2) is 0 Å². The smallest absolute Gasteiger partial charge is 0.132 e. The van der Waals surface area contributed by atoms with Crippen LogP contribution >= 0.6 is 0 Å². The van der Waals surface area contributed by atoms with Crippen molar-refractivity contribution in [3.63, 3.8) is 0 Å². The Hall–Kier alpha value is -0.810. The highest BCUT2D eigenvalue weighted by molar-refractivity contribution is 5.78. The second-order valence-electron chi connectivity index (χ2n) is 5.78. The summed E-state index contributed by atoms with van der Waals surface area (Å²) in [5.74, 6) is 3.43. The first kappa shape index (κ1) is 16.2. The standard InChI is InChI=1S/C15H27NO/c1-5-6-7-8-14(17)10-9-13(11-12-16)15(2,3)4/h1,13H,6-12,16H2,2-4H3. The fourth-order valence-corrected chi connectivity index (χ4v) is 2.06. The number of unbranched alkanes of at least 4 members (excludes halogenated alkanes) is 1. The van der Waals surface area contributed by atoms with E-state index in [4.69, 9.17) is 12.2 Å². The van der Waals surface area contributed by atoms with Crippen LogP contribution in [0.2, 0.25) is 0 Å². The van der Waals surface area contributed by atoms with E-state index < -0.39 is 0 Å². The van der Waals surface area contributed by atoms with Crippen molar-refractivity contribution in [2.45, 2.75) is 59.3 Å². The van der Waals surface area contributed by atoms with Crippen molar-refractivity contribution in [1.82, 2.24) is 0 Å². The molecule has 0 aromatic rings. The molecule has 2 nitrogen and oxygen atoms in total. The lowest BCUT2D eigenvalue weighted by molar-refractivity contribution is -0.119. The minimum absolute atomic E-state index is 0.235. The SMILES string of the molecule is C#CCCCC(=O)CCC(CCN)C(C)(C)C. The molecule has 1 atom stereocenters. The van der Waals surface area contributed by atoms with Crippen molar-refractivity contribution < 1.29 is 4.79 Å². The van der Waals surface area contributed by atoms with Gasteiger partial charge in [0.1, 0.15) is 5.78 Å². The minimum atomic E-state index is 0.235. The largest absolute Gasteiger partial charge is 0.330 e. The third kappa shape index (κ3) is 7.99. The molecule has 1 unspecified atom stereocenters. The van der Waals surface area contributed by atoms with Crippen LogP contribution in [0.3, 0.4) is 0 Å². The Labute approximate surface area is 106 Å². The van der Waals surface area contributed by atoms with Gasteiger partial charge in [-0.05, 0) is 37.1 Å². The van der Waals surface area contributed by atoms with Crippen molar-refractivity contribution in [3.8, 4) is 12.3 Å². The lowest BCUT2D eigenvalue weighted by Crippen LogP contribution is -2.24. The average molecular weight is 237 g/mol. The maximum atomic E-state index is 11.7. The molecule has 0 aliphatic carbocycles. The van der Waals surface area contributed by atoms with E-state index in [1.807, 2.05) is 0 Å². The summed E-state index contributed by atoms with van der Waals surface area (Å²) in [6.07, 6.45) is 9.95. The molecule has 0 aromatic carbocycles. The number of carbonyl (C=O) groups is 1. The molecule has 2 heteroatoms. The molecule has 0 saturated heterocycles. The number of hydrogen-bond donors (Lipinski definition) is 1. The number of terminal acetylenes is 1. The molecule has 0 bridgehead atoms. The van der Waals surface area contributed by atoms with Gasteiger partial charge in [0, 0.05) is 19.3 Å². The zero-order chi connectivity index (χ0) is 13.3. The van der Waals surface area contributed by atoms with Gasteiger partial charge in [-0.15, -0.1) is 12.3 Å². The molecule has 0 amide bonds. The van der Waals surface area contributed by atoms with E-state index in [1.165, 1.54) is 0 Å². The van der Waals surface area contributed by atoms with Crippen molar-refractivity contribution in [2.24, 2.45) is 17.1 Å². The van der Waals surface area contributed by atoms with Gasteiger partial charge < -0.3 is 5.73 Å². The third-order valence-electron chi connectivity index (χ3n) is 3.29. The number of rotatable bonds is 8. The number of carbonyl (C=O) groups excluding carboxylic acids is 1. The predicted octanol–water partition coefficient (Wildman–Crippen LogP) is 3.15. The Bertz CT molecular complexity index is 257. The monoisotopic (exact) mass is 237 g/mol. The summed E-state index contributed by atoms with van der Waals surface area (Å²) in [5.41, 5.74) is 5.86. The van der Waals surface area contributed by atoms with Crippen LogP contribution in [0.1, 0.15) is 59.3 Å². The lowest BCUT2D eigenvalue weighted by Gasteiger charge is -2.30. The summed E-state index contributed by atoms with van der Waals surface area (Å²) in [4.78, 5) is 11.7. The van der Waals surface area contributed by atoms with E-state index in [9.17, 15) is 4.79 Å². The summed E-state index contributed by atoms with van der Waals surface area (Å²) in [5, 5.41) is 0. The minimum Gasteiger partial charge on any atom is -0.330 e. The molecular weight excluding hydrogens is 210 g/mol. The molecule has 0 fully saturated rings. The fraction of sp³-hybridized carbons (Fsp3) is 0.800. The van der Waals surface area contributed by atoms with Gasteiger partial charge in [-0.3, -0.25) is 4.79 Å². The van der Waals surface area contributed by atoms with Crippen molar-refractivity contribution >= 4 is 5.78 Å². The maximum absolute atomic E-state index is 11.7.